The van der Waals surface area contributed by atoms with Gasteiger partial charge in [0.05, 0.1) is 17.9 Å². The minimum atomic E-state index is -0.0696. The van der Waals surface area contributed by atoms with E-state index in [-0.39, 0.29) is 6.04 Å². The summed E-state index contributed by atoms with van der Waals surface area (Å²) < 4.78 is 0.949. The van der Waals surface area contributed by atoms with Gasteiger partial charge in [0, 0.05) is 29.3 Å². The van der Waals surface area contributed by atoms with Gasteiger partial charge in [-0.3, -0.25) is 26.2 Å². The maximum absolute atomic E-state index is 5.54. The van der Waals surface area contributed by atoms with Crippen molar-refractivity contribution in [1.82, 2.24) is 20.4 Å². The van der Waals surface area contributed by atoms with Crippen molar-refractivity contribution in [3.05, 3.63) is 52.8 Å². The number of hydrazine groups is 1. The van der Waals surface area contributed by atoms with E-state index < -0.39 is 0 Å². The number of pyridine rings is 1. The molecule has 0 fully saturated rings. The summed E-state index contributed by atoms with van der Waals surface area (Å²) in [7, 11) is 0. The summed E-state index contributed by atoms with van der Waals surface area (Å²) in [5.41, 5.74) is 4.63. The average Bonchev–Trinajstić information content (AvgIpc) is 2.37. The molecule has 0 saturated carbocycles. The van der Waals surface area contributed by atoms with Crippen LogP contribution in [-0.2, 0) is 6.42 Å². The van der Waals surface area contributed by atoms with Gasteiger partial charge in [-0.15, -0.1) is 0 Å². The van der Waals surface area contributed by atoms with Gasteiger partial charge < -0.3 is 0 Å². The molecule has 1 atom stereocenters. The molecule has 0 saturated heterocycles. The van der Waals surface area contributed by atoms with Crippen LogP contribution in [0.5, 0.6) is 0 Å². The predicted octanol–water partition coefficient (Wildman–Crippen LogP) is 1.38. The Kier molecular flexibility index (Phi) is 4.13. The molecule has 2 heterocycles. The molecule has 3 N–H and O–H groups in total. The molecular formula is C11H12BrN5. The molecule has 17 heavy (non-hydrogen) atoms. The summed E-state index contributed by atoms with van der Waals surface area (Å²) in [6.45, 7) is 0. The molecule has 0 amide bonds. The lowest BCUT2D eigenvalue weighted by atomic mass is 10.1. The number of aromatic nitrogens is 3. The van der Waals surface area contributed by atoms with Crippen LogP contribution in [0.1, 0.15) is 17.3 Å². The summed E-state index contributed by atoms with van der Waals surface area (Å²) >= 11 is 3.39. The molecule has 0 aromatic carbocycles. The number of rotatable bonds is 4. The Morgan fingerprint density at radius 2 is 2.12 bits per heavy atom. The third kappa shape index (κ3) is 3.29. The van der Waals surface area contributed by atoms with Gasteiger partial charge in [-0.05, 0) is 34.0 Å². The van der Waals surface area contributed by atoms with Crippen molar-refractivity contribution in [2.75, 3.05) is 0 Å². The minimum absolute atomic E-state index is 0.0696. The molecule has 0 spiro atoms. The Morgan fingerprint density at radius 3 is 2.76 bits per heavy atom. The van der Waals surface area contributed by atoms with Crippen LogP contribution < -0.4 is 11.3 Å². The molecule has 0 bridgehead atoms. The van der Waals surface area contributed by atoms with E-state index >= 15 is 0 Å². The zero-order chi connectivity index (χ0) is 12.1. The van der Waals surface area contributed by atoms with Gasteiger partial charge >= 0.3 is 0 Å². The third-order valence-electron chi connectivity index (χ3n) is 2.34. The molecule has 5 nitrogen and oxygen atoms in total. The largest absolute Gasteiger partial charge is 0.271 e. The van der Waals surface area contributed by atoms with E-state index in [0.29, 0.717) is 6.42 Å². The number of nitrogens with one attached hydrogen (secondary N) is 1. The van der Waals surface area contributed by atoms with Crippen LogP contribution in [0.3, 0.4) is 0 Å². The summed E-state index contributed by atoms with van der Waals surface area (Å²) in [6.07, 6.45) is 9.26. The van der Waals surface area contributed by atoms with E-state index in [9.17, 15) is 0 Å². The Balaban J connectivity index is 2.16. The third-order valence-corrected chi connectivity index (χ3v) is 2.78. The zero-order valence-electron chi connectivity index (χ0n) is 9.05. The van der Waals surface area contributed by atoms with Crippen molar-refractivity contribution in [3.8, 4) is 0 Å². The van der Waals surface area contributed by atoms with Crippen molar-refractivity contribution in [1.29, 1.82) is 0 Å². The molecule has 6 heteroatoms. The van der Waals surface area contributed by atoms with Crippen molar-refractivity contribution in [3.63, 3.8) is 0 Å². The fourth-order valence-corrected chi connectivity index (χ4v) is 1.95. The fourth-order valence-electron chi connectivity index (χ4n) is 1.54. The van der Waals surface area contributed by atoms with Crippen molar-refractivity contribution >= 4 is 15.9 Å². The molecular weight excluding hydrogens is 282 g/mol. The molecule has 0 aliphatic carbocycles. The van der Waals surface area contributed by atoms with Gasteiger partial charge in [0.2, 0.25) is 0 Å². The summed E-state index contributed by atoms with van der Waals surface area (Å²) in [5.74, 6) is 5.54. The second-order valence-electron chi connectivity index (χ2n) is 3.57. The van der Waals surface area contributed by atoms with E-state index in [1.54, 1.807) is 24.8 Å². The van der Waals surface area contributed by atoms with E-state index in [4.69, 9.17) is 5.84 Å². The number of hydrogen-bond acceptors (Lipinski definition) is 5. The van der Waals surface area contributed by atoms with E-state index in [1.807, 2.05) is 12.3 Å². The van der Waals surface area contributed by atoms with Gasteiger partial charge in [-0.1, -0.05) is 0 Å². The highest BCUT2D eigenvalue weighted by atomic mass is 79.9. The second-order valence-corrected chi connectivity index (χ2v) is 4.48. The molecule has 0 radical (unpaired) electrons. The summed E-state index contributed by atoms with van der Waals surface area (Å²) in [5, 5.41) is 0. The van der Waals surface area contributed by atoms with Gasteiger partial charge in [-0.25, -0.2) is 0 Å². The molecule has 0 aliphatic heterocycles. The SMILES string of the molecule is NNC(Cc1cncc(Br)c1)c1cnccn1. The molecule has 88 valence electrons. The maximum atomic E-state index is 5.54. The van der Waals surface area contributed by atoms with Crippen molar-refractivity contribution in [2.45, 2.75) is 12.5 Å². The standard InChI is InChI=1S/C11H12BrN5/c12-9-3-8(5-15-6-9)4-10(17-13)11-7-14-1-2-16-11/h1-3,5-7,10,17H,4,13H2. The van der Waals surface area contributed by atoms with Gasteiger partial charge in [0.1, 0.15) is 0 Å². The van der Waals surface area contributed by atoms with Gasteiger partial charge in [0.15, 0.2) is 0 Å². The molecule has 2 aromatic rings. The van der Waals surface area contributed by atoms with Crippen LogP contribution in [-0.4, -0.2) is 15.0 Å². The lowest BCUT2D eigenvalue weighted by Gasteiger charge is -2.14. The van der Waals surface area contributed by atoms with Crippen molar-refractivity contribution < 1.29 is 0 Å². The summed E-state index contributed by atoms with van der Waals surface area (Å²) in [6, 6.07) is 1.94. The second kappa shape index (κ2) is 5.81. The highest BCUT2D eigenvalue weighted by Gasteiger charge is 2.12. The smallest absolute Gasteiger partial charge is 0.0772 e. The number of hydrogen-bond donors (Lipinski definition) is 2. The van der Waals surface area contributed by atoms with Crippen LogP contribution in [0, 0.1) is 0 Å². The first kappa shape index (κ1) is 12.1. The van der Waals surface area contributed by atoms with E-state index in [2.05, 4.69) is 36.3 Å². The van der Waals surface area contributed by atoms with Gasteiger partial charge in [-0.2, -0.15) is 0 Å². The first-order valence-corrected chi connectivity index (χ1v) is 5.90. The van der Waals surface area contributed by atoms with Crippen LogP contribution >= 0.6 is 15.9 Å². The van der Waals surface area contributed by atoms with Crippen LogP contribution in [0.25, 0.3) is 0 Å². The van der Waals surface area contributed by atoms with Crippen LogP contribution in [0.15, 0.2) is 41.5 Å². The fraction of sp³-hybridized carbons (Fsp3) is 0.182. The zero-order valence-corrected chi connectivity index (χ0v) is 10.6. The van der Waals surface area contributed by atoms with E-state index in [0.717, 1.165) is 15.7 Å². The maximum Gasteiger partial charge on any atom is 0.0772 e. The number of nitrogens with two attached hydrogens (primary N) is 1. The van der Waals surface area contributed by atoms with Crippen LogP contribution in [0.4, 0.5) is 0 Å². The first-order chi connectivity index (χ1) is 8.29. The molecule has 2 aromatic heterocycles. The van der Waals surface area contributed by atoms with Crippen molar-refractivity contribution in [2.24, 2.45) is 5.84 Å². The number of nitrogens with zero attached hydrogens (tertiary/aromatic N) is 3. The van der Waals surface area contributed by atoms with Gasteiger partial charge in [0.25, 0.3) is 0 Å². The average molecular weight is 294 g/mol. The normalized spacial score (nSPS) is 12.4. The molecule has 2 rings (SSSR count). The molecule has 0 aliphatic rings. The lowest BCUT2D eigenvalue weighted by Crippen LogP contribution is -2.30. The predicted molar refractivity (Wildman–Crippen MR) is 67.7 cm³/mol. The number of halogens is 1. The topological polar surface area (TPSA) is 76.7 Å². The van der Waals surface area contributed by atoms with Crippen LogP contribution in [0.2, 0.25) is 0 Å². The highest BCUT2D eigenvalue weighted by Crippen LogP contribution is 2.17. The monoisotopic (exact) mass is 293 g/mol. The Bertz CT molecular complexity index is 476. The Morgan fingerprint density at radius 1 is 1.24 bits per heavy atom. The Hall–Kier alpha value is -1.37. The minimum Gasteiger partial charge on any atom is -0.271 e. The highest BCUT2D eigenvalue weighted by molar-refractivity contribution is 9.10. The first-order valence-electron chi connectivity index (χ1n) is 5.11. The quantitative estimate of drug-likeness (QED) is 0.658. The summed E-state index contributed by atoms with van der Waals surface area (Å²) in [4.78, 5) is 12.4. The Labute approximate surface area is 108 Å². The lowest BCUT2D eigenvalue weighted by molar-refractivity contribution is 0.535. The molecule has 1 unspecified atom stereocenters. The van der Waals surface area contributed by atoms with E-state index in [1.165, 1.54) is 0 Å².